The Morgan fingerprint density at radius 2 is 2.09 bits per heavy atom. The van der Waals surface area contributed by atoms with Gasteiger partial charge in [-0.05, 0) is 19.4 Å². The van der Waals surface area contributed by atoms with Gasteiger partial charge in [-0.15, -0.1) is 0 Å². The molecule has 1 aliphatic rings. The van der Waals surface area contributed by atoms with E-state index in [9.17, 15) is 9.90 Å². The molecule has 11 heavy (non-hydrogen) atoms. The fourth-order valence-corrected chi connectivity index (χ4v) is 1.33. The van der Waals surface area contributed by atoms with Crippen molar-refractivity contribution in [3.8, 4) is 0 Å². The minimum atomic E-state index is -0.211. The van der Waals surface area contributed by atoms with Gasteiger partial charge < -0.3 is 5.11 Å². The number of carbonyl (C=O) groups excluding carboxylic acids is 1. The van der Waals surface area contributed by atoms with E-state index >= 15 is 0 Å². The fourth-order valence-electron chi connectivity index (χ4n) is 1.33. The van der Waals surface area contributed by atoms with E-state index in [0.29, 0.717) is 5.57 Å². The summed E-state index contributed by atoms with van der Waals surface area (Å²) in [6.45, 7) is 5.52. The lowest BCUT2D eigenvalue weighted by atomic mass is 10.00. The second-order valence-corrected chi connectivity index (χ2v) is 2.83. The van der Waals surface area contributed by atoms with E-state index in [0.717, 1.165) is 5.57 Å². The standard InChI is InChI=1S/C9H12O2/c1-4-7-5(2)6(3)8(10)9(7)11/h4-5,10H,1-3H3/b7-4-. The van der Waals surface area contributed by atoms with Gasteiger partial charge in [0, 0.05) is 11.5 Å². The third-order valence-electron chi connectivity index (χ3n) is 2.28. The Kier molecular flexibility index (Phi) is 1.85. The summed E-state index contributed by atoms with van der Waals surface area (Å²) in [4.78, 5) is 11.2. The summed E-state index contributed by atoms with van der Waals surface area (Å²) in [5, 5.41) is 9.23. The van der Waals surface area contributed by atoms with E-state index in [4.69, 9.17) is 0 Å². The molecule has 0 aromatic rings. The summed E-state index contributed by atoms with van der Waals surface area (Å²) in [6, 6.07) is 0. The largest absolute Gasteiger partial charge is 0.504 e. The van der Waals surface area contributed by atoms with E-state index in [2.05, 4.69) is 0 Å². The SMILES string of the molecule is C/C=C1\C(=O)C(O)=C(C)C1C. The van der Waals surface area contributed by atoms with Crippen LogP contribution in [0.15, 0.2) is 23.0 Å². The molecule has 0 aromatic heterocycles. The lowest BCUT2D eigenvalue weighted by Crippen LogP contribution is -2.01. The molecule has 0 saturated carbocycles. The van der Waals surface area contributed by atoms with Crippen LogP contribution in [0, 0.1) is 5.92 Å². The van der Waals surface area contributed by atoms with E-state index in [1.54, 1.807) is 13.0 Å². The Morgan fingerprint density at radius 1 is 1.55 bits per heavy atom. The molecule has 0 bridgehead atoms. The molecule has 2 nitrogen and oxygen atoms in total. The average Bonchev–Trinajstić information content (AvgIpc) is 2.17. The Hall–Kier alpha value is -1.05. The lowest BCUT2D eigenvalue weighted by Gasteiger charge is -2.02. The molecule has 1 rings (SSSR count). The maximum absolute atomic E-state index is 11.2. The Labute approximate surface area is 66.2 Å². The smallest absolute Gasteiger partial charge is 0.223 e. The minimum Gasteiger partial charge on any atom is -0.504 e. The Bertz CT molecular complexity index is 259. The molecule has 0 spiro atoms. The number of hydrogen-bond donors (Lipinski definition) is 1. The summed E-state index contributed by atoms with van der Waals surface area (Å²) in [6.07, 6.45) is 1.76. The topological polar surface area (TPSA) is 37.3 Å². The highest BCUT2D eigenvalue weighted by atomic mass is 16.3. The normalized spacial score (nSPS) is 28.8. The van der Waals surface area contributed by atoms with E-state index in [1.165, 1.54) is 0 Å². The van der Waals surface area contributed by atoms with Gasteiger partial charge in [-0.25, -0.2) is 0 Å². The van der Waals surface area contributed by atoms with Crippen molar-refractivity contribution < 1.29 is 9.90 Å². The van der Waals surface area contributed by atoms with Crippen molar-refractivity contribution in [3.05, 3.63) is 23.0 Å². The zero-order valence-electron chi connectivity index (χ0n) is 7.01. The number of hydrogen-bond acceptors (Lipinski definition) is 2. The summed E-state index contributed by atoms with van der Waals surface area (Å²) in [7, 11) is 0. The van der Waals surface area contributed by atoms with Crippen LogP contribution in [0.5, 0.6) is 0 Å². The number of allylic oxidation sites excluding steroid dienone is 3. The Morgan fingerprint density at radius 3 is 2.27 bits per heavy atom. The number of aliphatic hydroxyl groups is 1. The van der Waals surface area contributed by atoms with Crippen LogP contribution in [-0.4, -0.2) is 10.9 Å². The molecule has 1 unspecified atom stereocenters. The number of carbonyl (C=O) groups is 1. The van der Waals surface area contributed by atoms with Gasteiger partial charge in [0.15, 0.2) is 5.76 Å². The number of Topliss-reactive ketones (excluding diaryl/α,β-unsaturated/α-hetero) is 1. The van der Waals surface area contributed by atoms with Crippen molar-refractivity contribution in [2.45, 2.75) is 20.8 Å². The zero-order valence-corrected chi connectivity index (χ0v) is 7.01. The van der Waals surface area contributed by atoms with Crippen LogP contribution in [0.3, 0.4) is 0 Å². The van der Waals surface area contributed by atoms with Crippen LogP contribution in [0.4, 0.5) is 0 Å². The van der Waals surface area contributed by atoms with Gasteiger partial charge in [0.05, 0.1) is 0 Å². The molecule has 1 atom stereocenters. The first-order valence-electron chi connectivity index (χ1n) is 3.70. The van der Waals surface area contributed by atoms with Crippen molar-refractivity contribution in [1.82, 2.24) is 0 Å². The summed E-state index contributed by atoms with van der Waals surface area (Å²) in [5.74, 6) is -0.185. The van der Waals surface area contributed by atoms with E-state index < -0.39 is 0 Å². The van der Waals surface area contributed by atoms with E-state index in [-0.39, 0.29) is 17.5 Å². The van der Waals surface area contributed by atoms with Crippen molar-refractivity contribution in [2.24, 2.45) is 5.92 Å². The Balaban J connectivity index is 3.12. The second-order valence-electron chi connectivity index (χ2n) is 2.83. The molecule has 0 aliphatic heterocycles. The van der Waals surface area contributed by atoms with Crippen molar-refractivity contribution >= 4 is 5.78 Å². The first kappa shape index (κ1) is 8.05. The quantitative estimate of drug-likeness (QED) is 0.539. The first-order chi connectivity index (χ1) is 5.09. The highest BCUT2D eigenvalue weighted by Gasteiger charge is 2.30. The predicted molar refractivity (Wildman–Crippen MR) is 43.3 cm³/mol. The molecule has 0 amide bonds. The highest BCUT2D eigenvalue weighted by Crippen LogP contribution is 2.31. The third kappa shape index (κ3) is 0.985. The summed E-state index contributed by atoms with van der Waals surface area (Å²) >= 11 is 0. The van der Waals surface area contributed by atoms with Gasteiger partial charge in [0.2, 0.25) is 5.78 Å². The van der Waals surface area contributed by atoms with Gasteiger partial charge in [-0.1, -0.05) is 13.0 Å². The summed E-state index contributed by atoms with van der Waals surface area (Å²) < 4.78 is 0. The number of ketones is 1. The molecule has 0 fully saturated rings. The highest BCUT2D eigenvalue weighted by molar-refractivity contribution is 6.10. The van der Waals surface area contributed by atoms with Crippen molar-refractivity contribution in [3.63, 3.8) is 0 Å². The van der Waals surface area contributed by atoms with Crippen LogP contribution < -0.4 is 0 Å². The second kappa shape index (κ2) is 2.53. The first-order valence-corrected chi connectivity index (χ1v) is 3.70. The lowest BCUT2D eigenvalue weighted by molar-refractivity contribution is -0.114. The molecule has 60 valence electrons. The molecule has 2 heteroatoms. The summed E-state index contributed by atoms with van der Waals surface area (Å²) in [5.41, 5.74) is 1.49. The van der Waals surface area contributed by atoms with Gasteiger partial charge >= 0.3 is 0 Å². The average molecular weight is 152 g/mol. The molecule has 0 heterocycles. The molecule has 0 saturated heterocycles. The van der Waals surface area contributed by atoms with Crippen LogP contribution in [0.25, 0.3) is 0 Å². The zero-order chi connectivity index (χ0) is 8.59. The number of rotatable bonds is 0. The predicted octanol–water partition coefficient (Wildman–Crippen LogP) is 1.98. The monoisotopic (exact) mass is 152 g/mol. The molecule has 1 N–H and O–H groups in total. The molecule has 0 aromatic carbocycles. The van der Waals surface area contributed by atoms with Gasteiger partial charge in [-0.2, -0.15) is 0 Å². The molecule has 0 radical (unpaired) electrons. The minimum absolute atomic E-state index is 0.0643. The maximum Gasteiger partial charge on any atom is 0.223 e. The van der Waals surface area contributed by atoms with Crippen LogP contribution in [0.2, 0.25) is 0 Å². The van der Waals surface area contributed by atoms with Crippen molar-refractivity contribution in [2.75, 3.05) is 0 Å². The van der Waals surface area contributed by atoms with Crippen LogP contribution in [0.1, 0.15) is 20.8 Å². The molecular formula is C9H12O2. The van der Waals surface area contributed by atoms with Crippen LogP contribution >= 0.6 is 0 Å². The molecular weight excluding hydrogens is 140 g/mol. The van der Waals surface area contributed by atoms with Gasteiger partial charge in [-0.3, -0.25) is 4.79 Å². The van der Waals surface area contributed by atoms with Crippen LogP contribution in [-0.2, 0) is 4.79 Å². The third-order valence-corrected chi connectivity index (χ3v) is 2.28. The van der Waals surface area contributed by atoms with Crippen molar-refractivity contribution in [1.29, 1.82) is 0 Å². The molecule has 1 aliphatic carbocycles. The maximum atomic E-state index is 11.2. The fraction of sp³-hybridized carbons (Fsp3) is 0.444. The van der Waals surface area contributed by atoms with Gasteiger partial charge in [0.1, 0.15) is 0 Å². The van der Waals surface area contributed by atoms with E-state index in [1.807, 2.05) is 13.8 Å². The number of aliphatic hydroxyl groups excluding tert-OH is 1. The van der Waals surface area contributed by atoms with Gasteiger partial charge in [0.25, 0.3) is 0 Å².